The van der Waals surface area contributed by atoms with Crippen LogP contribution in [-0.4, -0.2) is 26.1 Å². The first-order chi connectivity index (χ1) is 19.0. The van der Waals surface area contributed by atoms with Crippen LogP contribution in [0, 0.1) is 17.5 Å². The summed E-state index contributed by atoms with van der Waals surface area (Å²) in [4.78, 5) is 0. The molecule has 0 spiro atoms. The second-order valence-corrected chi connectivity index (χ2v) is 9.99. The minimum Gasteiger partial charge on any atom is -0.490 e. The van der Waals surface area contributed by atoms with E-state index in [1.54, 1.807) is 36.4 Å². The van der Waals surface area contributed by atoms with E-state index >= 15 is 0 Å². The Hall–Kier alpha value is -3.09. The lowest BCUT2D eigenvalue weighted by molar-refractivity contribution is -0.159. The summed E-state index contributed by atoms with van der Waals surface area (Å²) in [5.41, 5.74) is 2.66. The van der Waals surface area contributed by atoms with Crippen molar-refractivity contribution in [1.82, 2.24) is 0 Å². The van der Waals surface area contributed by atoms with Crippen LogP contribution in [0.15, 0.2) is 67.3 Å². The summed E-state index contributed by atoms with van der Waals surface area (Å²) in [5, 5.41) is 0. The maximum absolute atomic E-state index is 14.9. The van der Waals surface area contributed by atoms with Crippen molar-refractivity contribution in [3.05, 3.63) is 90.3 Å². The molecule has 3 aromatic rings. The van der Waals surface area contributed by atoms with Crippen LogP contribution in [0.3, 0.4) is 0 Å². The molecule has 1 aliphatic rings. The average Bonchev–Trinajstić information content (AvgIpc) is 2.97. The molecule has 1 aliphatic heterocycles. The Morgan fingerprint density at radius 2 is 1.44 bits per heavy atom. The van der Waals surface area contributed by atoms with Gasteiger partial charge in [0.15, 0.2) is 17.9 Å². The van der Waals surface area contributed by atoms with Crippen LogP contribution >= 0.6 is 0 Å². The summed E-state index contributed by atoms with van der Waals surface area (Å²) < 4.78 is 61.1. The third-order valence-electron chi connectivity index (χ3n) is 7.14. The summed E-state index contributed by atoms with van der Waals surface area (Å²) in [6.07, 6.45) is 8.99. The quantitative estimate of drug-likeness (QED) is 0.160. The molecule has 6 heteroatoms. The monoisotopic (exact) mass is 538 g/mol. The molecular weight excluding hydrogens is 501 g/mol. The van der Waals surface area contributed by atoms with Crippen molar-refractivity contribution in [2.75, 3.05) is 19.8 Å². The zero-order valence-corrected chi connectivity index (χ0v) is 22.6. The van der Waals surface area contributed by atoms with E-state index in [0.717, 1.165) is 24.8 Å². The van der Waals surface area contributed by atoms with Crippen molar-refractivity contribution in [2.24, 2.45) is 0 Å². The number of rotatable bonds is 13. The highest BCUT2D eigenvalue weighted by Gasteiger charge is 2.24. The molecule has 0 aliphatic carbocycles. The van der Waals surface area contributed by atoms with Crippen molar-refractivity contribution in [3.63, 3.8) is 0 Å². The van der Waals surface area contributed by atoms with Gasteiger partial charge in [-0.25, -0.2) is 8.78 Å². The highest BCUT2D eigenvalue weighted by molar-refractivity contribution is 5.71. The van der Waals surface area contributed by atoms with Gasteiger partial charge in [0, 0.05) is 11.5 Å². The van der Waals surface area contributed by atoms with Crippen molar-refractivity contribution >= 4 is 0 Å². The van der Waals surface area contributed by atoms with Crippen LogP contribution in [0.4, 0.5) is 13.2 Å². The maximum atomic E-state index is 14.9. The Bertz CT molecular complexity index is 1220. The number of hydrogen-bond donors (Lipinski definition) is 0. The lowest BCUT2D eigenvalue weighted by Gasteiger charge is -2.28. The van der Waals surface area contributed by atoms with E-state index in [4.69, 9.17) is 14.2 Å². The molecular formula is C33H37F3O3. The van der Waals surface area contributed by atoms with Crippen molar-refractivity contribution < 1.29 is 27.4 Å². The normalized spacial score (nSPS) is 17.2. The topological polar surface area (TPSA) is 27.7 Å². The maximum Gasteiger partial charge on any atom is 0.201 e. The Morgan fingerprint density at radius 1 is 0.795 bits per heavy atom. The molecule has 0 bridgehead atoms. The Balaban J connectivity index is 1.36. The van der Waals surface area contributed by atoms with E-state index in [2.05, 4.69) is 13.5 Å². The van der Waals surface area contributed by atoms with Gasteiger partial charge in [-0.2, -0.15) is 4.39 Å². The molecule has 0 atom stereocenters. The zero-order valence-electron chi connectivity index (χ0n) is 22.6. The number of ether oxygens (including phenoxy) is 3. The molecule has 0 radical (unpaired) electrons. The van der Waals surface area contributed by atoms with Gasteiger partial charge in [0.05, 0.1) is 19.8 Å². The third kappa shape index (κ3) is 7.52. The van der Waals surface area contributed by atoms with E-state index in [-0.39, 0.29) is 23.0 Å². The molecule has 0 aromatic heterocycles. The van der Waals surface area contributed by atoms with Gasteiger partial charge in [-0.1, -0.05) is 88.4 Å². The first-order valence-corrected chi connectivity index (χ1v) is 13.9. The lowest BCUT2D eigenvalue weighted by Crippen LogP contribution is -2.29. The first kappa shape index (κ1) is 28.9. The average molecular weight is 539 g/mol. The highest BCUT2D eigenvalue weighted by Crippen LogP contribution is 2.33. The SMILES string of the molecule is C=CC1OCC(c2ccc(-c3ccc(-c4ccc(OCCCCCCCCC)c(F)c4F)cc3)cc2F)CO1. The summed E-state index contributed by atoms with van der Waals surface area (Å²) in [6.45, 7) is 6.90. The Labute approximate surface area is 229 Å². The van der Waals surface area contributed by atoms with Crippen LogP contribution in [0.5, 0.6) is 5.75 Å². The fraction of sp³-hybridized carbons (Fsp3) is 0.394. The molecule has 3 aromatic carbocycles. The smallest absolute Gasteiger partial charge is 0.201 e. The predicted octanol–water partition coefficient (Wildman–Crippen LogP) is 9.21. The van der Waals surface area contributed by atoms with Gasteiger partial charge >= 0.3 is 0 Å². The molecule has 0 N–H and O–H groups in total. The first-order valence-electron chi connectivity index (χ1n) is 13.9. The van der Waals surface area contributed by atoms with Gasteiger partial charge < -0.3 is 14.2 Å². The number of unbranched alkanes of at least 4 members (excludes halogenated alkanes) is 6. The Kier molecular flexibility index (Phi) is 10.6. The van der Waals surface area contributed by atoms with Crippen LogP contribution in [0.1, 0.15) is 63.4 Å². The molecule has 39 heavy (non-hydrogen) atoms. The van der Waals surface area contributed by atoms with Gasteiger partial charge in [0.2, 0.25) is 5.82 Å². The lowest BCUT2D eigenvalue weighted by atomic mass is 9.95. The van der Waals surface area contributed by atoms with E-state index in [0.29, 0.717) is 36.5 Å². The molecule has 1 heterocycles. The van der Waals surface area contributed by atoms with E-state index in [1.807, 2.05) is 6.07 Å². The van der Waals surface area contributed by atoms with E-state index in [1.165, 1.54) is 43.9 Å². The molecule has 0 unspecified atom stereocenters. The molecule has 208 valence electrons. The summed E-state index contributed by atoms with van der Waals surface area (Å²) in [5.74, 6) is -2.52. The fourth-order valence-electron chi connectivity index (χ4n) is 4.82. The Morgan fingerprint density at radius 3 is 2.10 bits per heavy atom. The zero-order chi connectivity index (χ0) is 27.6. The van der Waals surface area contributed by atoms with Crippen molar-refractivity contribution in [2.45, 2.75) is 64.1 Å². The molecule has 1 saturated heterocycles. The van der Waals surface area contributed by atoms with Gasteiger partial charge in [0.25, 0.3) is 0 Å². The predicted molar refractivity (Wildman–Crippen MR) is 149 cm³/mol. The van der Waals surface area contributed by atoms with Gasteiger partial charge in [-0.15, -0.1) is 0 Å². The van der Waals surface area contributed by atoms with Gasteiger partial charge in [0.1, 0.15) is 5.82 Å². The van der Waals surface area contributed by atoms with E-state index < -0.39 is 17.9 Å². The van der Waals surface area contributed by atoms with Crippen molar-refractivity contribution in [1.29, 1.82) is 0 Å². The molecule has 3 nitrogen and oxygen atoms in total. The van der Waals surface area contributed by atoms with Crippen LogP contribution in [-0.2, 0) is 9.47 Å². The minimum absolute atomic E-state index is 0.0665. The molecule has 0 amide bonds. The fourth-order valence-corrected chi connectivity index (χ4v) is 4.82. The van der Waals surface area contributed by atoms with Gasteiger partial charge in [-0.3, -0.25) is 0 Å². The summed E-state index contributed by atoms with van der Waals surface area (Å²) >= 11 is 0. The molecule has 1 fully saturated rings. The summed E-state index contributed by atoms with van der Waals surface area (Å²) in [6, 6.07) is 15.0. The van der Waals surface area contributed by atoms with Crippen LogP contribution in [0.2, 0.25) is 0 Å². The standard InChI is InChI=1S/C33H37F3O3/c1-3-5-6-7-8-9-10-19-37-30-18-17-28(32(35)33(30)36)24-13-11-23(12-14-24)25-15-16-27(29(34)20-25)26-21-38-31(4-2)39-22-26/h4,11-18,20,26,31H,2-3,5-10,19,21-22H2,1H3. The minimum atomic E-state index is -0.979. The number of halogens is 3. The molecule has 0 saturated carbocycles. The van der Waals surface area contributed by atoms with Crippen LogP contribution in [0.25, 0.3) is 22.3 Å². The van der Waals surface area contributed by atoms with Gasteiger partial charge in [-0.05, 0) is 52.9 Å². The number of hydrogen-bond acceptors (Lipinski definition) is 3. The van der Waals surface area contributed by atoms with E-state index in [9.17, 15) is 13.2 Å². The van der Waals surface area contributed by atoms with Crippen molar-refractivity contribution in [3.8, 4) is 28.0 Å². The third-order valence-corrected chi connectivity index (χ3v) is 7.14. The largest absolute Gasteiger partial charge is 0.490 e. The van der Waals surface area contributed by atoms with Crippen LogP contribution < -0.4 is 4.74 Å². The highest BCUT2D eigenvalue weighted by atomic mass is 19.2. The summed E-state index contributed by atoms with van der Waals surface area (Å²) in [7, 11) is 0. The number of benzene rings is 3. The second kappa shape index (κ2) is 14.3. The second-order valence-electron chi connectivity index (χ2n) is 9.99. The molecule has 4 rings (SSSR count).